The van der Waals surface area contributed by atoms with E-state index in [1.165, 1.54) is 38.5 Å². The lowest BCUT2D eigenvalue weighted by molar-refractivity contribution is 0.203. The number of aryl methyl sites for hydroxylation is 1. The molecule has 1 aromatic rings. The molecule has 1 aliphatic heterocycles. The maximum Gasteiger partial charge on any atom is 0.194 e. The quantitative estimate of drug-likeness (QED) is 0.663. The summed E-state index contributed by atoms with van der Waals surface area (Å²) in [7, 11) is 3.83. The molecule has 6 heteroatoms. The maximum atomic E-state index is 4.45. The summed E-state index contributed by atoms with van der Waals surface area (Å²) in [6.45, 7) is 2.96. The Hall–Kier alpha value is -1.59. The van der Waals surface area contributed by atoms with Crippen molar-refractivity contribution < 1.29 is 0 Å². The standard InChI is InChI=1S/C15H26N6/c1-16-14(17-10-13-19-18-12-20(13)2)21-9-8-15(11-21)6-4-3-5-7-15/h12H,3-11H2,1-2H3,(H,16,17). The molecule has 21 heavy (non-hydrogen) atoms. The second-order valence-electron chi connectivity index (χ2n) is 6.49. The Morgan fingerprint density at radius 2 is 2.14 bits per heavy atom. The SMILES string of the molecule is CN=C(NCc1nncn1C)N1CCC2(CCCCC2)C1. The molecule has 6 nitrogen and oxygen atoms in total. The van der Waals surface area contributed by atoms with Gasteiger partial charge in [-0.15, -0.1) is 10.2 Å². The lowest BCUT2D eigenvalue weighted by Crippen LogP contribution is -2.41. The van der Waals surface area contributed by atoms with Gasteiger partial charge in [0, 0.05) is 27.2 Å². The number of hydrogen-bond acceptors (Lipinski definition) is 3. The van der Waals surface area contributed by atoms with E-state index in [0.29, 0.717) is 12.0 Å². The number of aliphatic imine (C=N–C) groups is 1. The van der Waals surface area contributed by atoms with Gasteiger partial charge in [-0.1, -0.05) is 19.3 Å². The first-order chi connectivity index (χ1) is 10.2. The van der Waals surface area contributed by atoms with E-state index in [1.54, 1.807) is 6.33 Å². The zero-order chi connectivity index (χ0) is 14.7. The number of likely N-dealkylation sites (tertiary alicyclic amines) is 1. The molecule has 0 aromatic carbocycles. The molecule has 2 fully saturated rings. The normalized spacial score (nSPS) is 22.0. The molecule has 1 saturated heterocycles. The van der Waals surface area contributed by atoms with Crippen molar-refractivity contribution >= 4 is 5.96 Å². The van der Waals surface area contributed by atoms with Crippen LogP contribution >= 0.6 is 0 Å². The summed E-state index contributed by atoms with van der Waals surface area (Å²) >= 11 is 0. The fourth-order valence-electron chi connectivity index (χ4n) is 3.78. The number of nitrogens with one attached hydrogen (secondary N) is 1. The van der Waals surface area contributed by atoms with Gasteiger partial charge in [-0.25, -0.2) is 0 Å². The van der Waals surface area contributed by atoms with E-state index in [4.69, 9.17) is 0 Å². The molecule has 1 spiro atoms. The highest BCUT2D eigenvalue weighted by atomic mass is 15.3. The van der Waals surface area contributed by atoms with Gasteiger partial charge in [0.25, 0.3) is 0 Å². The Labute approximate surface area is 126 Å². The molecule has 3 rings (SSSR count). The van der Waals surface area contributed by atoms with Gasteiger partial charge >= 0.3 is 0 Å². The van der Waals surface area contributed by atoms with Crippen LogP contribution in [0.15, 0.2) is 11.3 Å². The van der Waals surface area contributed by atoms with Crippen LogP contribution in [0.25, 0.3) is 0 Å². The van der Waals surface area contributed by atoms with Crippen molar-refractivity contribution in [3.05, 3.63) is 12.2 Å². The summed E-state index contributed by atoms with van der Waals surface area (Å²) in [6.07, 6.45) is 10.1. The van der Waals surface area contributed by atoms with Crippen LogP contribution in [0.4, 0.5) is 0 Å². The van der Waals surface area contributed by atoms with E-state index in [0.717, 1.165) is 24.9 Å². The smallest absolute Gasteiger partial charge is 0.194 e. The van der Waals surface area contributed by atoms with Crippen LogP contribution in [-0.2, 0) is 13.6 Å². The Morgan fingerprint density at radius 3 is 2.81 bits per heavy atom. The summed E-state index contributed by atoms with van der Waals surface area (Å²) in [5, 5.41) is 11.4. The first kappa shape index (κ1) is 14.4. The summed E-state index contributed by atoms with van der Waals surface area (Å²) < 4.78 is 1.94. The van der Waals surface area contributed by atoms with E-state index in [2.05, 4.69) is 25.4 Å². The van der Waals surface area contributed by atoms with Crippen molar-refractivity contribution in [2.24, 2.45) is 17.5 Å². The molecule has 0 unspecified atom stereocenters. The van der Waals surface area contributed by atoms with Crippen LogP contribution in [0.3, 0.4) is 0 Å². The average Bonchev–Trinajstić information content (AvgIpc) is 3.08. The molecule has 0 radical (unpaired) electrons. The molecule has 116 valence electrons. The molecule has 0 amide bonds. The molecule has 1 aromatic heterocycles. The highest BCUT2D eigenvalue weighted by Gasteiger charge is 2.39. The highest BCUT2D eigenvalue weighted by molar-refractivity contribution is 5.80. The third-order valence-electron chi connectivity index (χ3n) is 5.07. The second kappa shape index (κ2) is 6.03. The number of guanidine groups is 1. The Kier molecular flexibility index (Phi) is 4.12. The van der Waals surface area contributed by atoms with Crippen LogP contribution in [0.1, 0.15) is 44.3 Å². The highest BCUT2D eigenvalue weighted by Crippen LogP contribution is 2.43. The minimum absolute atomic E-state index is 0.556. The lowest BCUT2D eigenvalue weighted by Gasteiger charge is -2.33. The fraction of sp³-hybridized carbons (Fsp3) is 0.800. The Balaban J connectivity index is 1.58. The number of rotatable bonds is 2. The van der Waals surface area contributed by atoms with Crippen molar-refractivity contribution in [2.75, 3.05) is 20.1 Å². The van der Waals surface area contributed by atoms with Gasteiger partial charge in [-0.05, 0) is 24.7 Å². The van der Waals surface area contributed by atoms with Gasteiger partial charge in [0.1, 0.15) is 6.33 Å². The van der Waals surface area contributed by atoms with Crippen LogP contribution < -0.4 is 5.32 Å². The predicted molar refractivity (Wildman–Crippen MR) is 82.9 cm³/mol. The van der Waals surface area contributed by atoms with E-state index in [1.807, 2.05) is 18.7 Å². The van der Waals surface area contributed by atoms with Gasteiger partial charge in [-0.3, -0.25) is 4.99 Å². The van der Waals surface area contributed by atoms with E-state index < -0.39 is 0 Å². The first-order valence-electron chi connectivity index (χ1n) is 8.01. The Bertz CT molecular complexity index is 500. The van der Waals surface area contributed by atoms with Crippen LogP contribution in [-0.4, -0.2) is 45.8 Å². The van der Waals surface area contributed by atoms with E-state index in [-0.39, 0.29) is 0 Å². The van der Waals surface area contributed by atoms with Crippen molar-refractivity contribution in [3.8, 4) is 0 Å². The second-order valence-corrected chi connectivity index (χ2v) is 6.49. The van der Waals surface area contributed by atoms with Crippen molar-refractivity contribution in [2.45, 2.75) is 45.1 Å². The Morgan fingerprint density at radius 1 is 1.33 bits per heavy atom. The molecule has 0 bridgehead atoms. The van der Waals surface area contributed by atoms with E-state index in [9.17, 15) is 0 Å². The van der Waals surface area contributed by atoms with Crippen LogP contribution in [0, 0.1) is 5.41 Å². The minimum Gasteiger partial charge on any atom is -0.349 e. The summed E-state index contributed by atoms with van der Waals surface area (Å²) in [5.74, 6) is 1.93. The van der Waals surface area contributed by atoms with Gasteiger partial charge < -0.3 is 14.8 Å². The topological polar surface area (TPSA) is 58.3 Å². The van der Waals surface area contributed by atoms with Gasteiger partial charge in [0.05, 0.1) is 6.54 Å². The molecule has 1 N–H and O–H groups in total. The largest absolute Gasteiger partial charge is 0.349 e. The van der Waals surface area contributed by atoms with Crippen molar-refractivity contribution in [1.82, 2.24) is 25.0 Å². The van der Waals surface area contributed by atoms with E-state index >= 15 is 0 Å². The molecule has 2 heterocycles. The van der Waals surface area contributed by atoms with Gasteiger partial charge in [0.15, 0.2) is 11.8 Å². The lowest BCUT2D eigenvalue weighted by atomic mass is 9.73. The molecule has 1 saturated carbocycles. The van der Waals surface area contributed by atoms with Crippen LogP contribution in [0.5, 0.6) is 0 Å². The number of nitrogens with zero attached hydrogens (tertiary/aromatic N) is 5. The third kappa shape index (κ3) is 3.04. The molecule has 2 aliphatic rings. The number of aromatic nitrogens is 3. The van der Waals surface area contributed by atoms with Crippen molar-refractivity contribution in [3.63, 3.8) is 0 Å². The molecular weight excluding hydrogens is 264 g/mol. The predicted octanol–water partition coefficient (Wildman–Crippen LogP) is 1.55. The first-order valence-corrected chi connectivity index (χ1v) is 8.01. The molecule has 1 aliphatic carbocycles. The van der Waals surface area contributed by atoms with Gasteiger partial charge in [-0.2, -0.15) is 0 Å². The van der Waals surface area contributed by atoms with Crippen LogP contribution in [0.2, 0.25) is 0 Å². The number of hydrogen-bond donors (Lipinski definition) is 1. The summed E-state index contributed by atoms with van der Waals surface area (Å²) in [5.41, 5.74) is 0.556. The monoisotopic (exact) mass is 290 g/mol. The third-order valence-corrected chi connectivity index (χ3v) is 5.07. The summed E-state index contributed by atoms with van der Waals surface area (Å²) in [4.78, 5) is 6.87. The maximum absolute atomic E-state index is 4.45. The molecule has 0 atom stereocenters. The minimum atomic E-state index is 0.556. The average molecular weight is 290 g/mol. The van der Waals surface area contributed by atoms with Crippen molar-refractivity contribution in [1.29, 1.82) is 0 Å². The zero-order valence-corrected chi connectivity index (χ0v) is 13.2. The van der Waals surface area contributed by atoms with Gasteiger partial charge in [0.2, 0.25) is 0 Å². The zero-order valence-electron chi connectivity index (χ0n) is 13.2. The molecular formula is C15H26N6. The summed E-state index contributed by atoms with van der Waals surface area (Å²) in [6, 6.07) is 0. The fourth-order valence-corrected chi connectivity index (χ4v) is 3.78.